The van der Waals surface area contributed by atoms with E-state index in [-0.39, 0.29) is 11.7 Å². The van der Waals surface area contributed by atoms with E-state index in [4.69, 9.17) is 9.84 Å². The van der Waals surface area contributed by atoms with Crippen LogP contribution in [0.4, 0.5) is 0 Å². The Morgan fingerprint density at radius 3 is 2.60 bits per heavy atom. The van der Waals surface area contributed by atoms with E-state index in [1.807, 2.05) is 24.3 Å². The van der Waals surface area contributed by atoms with E-state index in [0.29, 0.717) is 12.3 Å². The zero-order chi connectivity index (χ0) is 15.2. The number of amides is 1. The van der Waals surface area contributed by atoms with Crippen molar-refractivity contribution in [2.45, 2.75) is 25.1 Å². The molecule has 5 nitrogen and oxygen atoms in total. The van der Waals surface area contributed by atoms with Gasteiger partial charge >= 0.3 is 5.97 Å². The molecule has 0 heterocycles. The molecule has 0 saturated carbocycles. The van der Waals surface area contributed by atoms with Crippen molar-refractivity contribution < 1.29 is 19.4 Å². The first kappa shape index (κ1) is 16.4. The Kier molecular flexibility index (Phi) is 5.88. The summed E-state index contributed by atoms with van der Waals surface area (Å²) in [4.78, 5) is 22.6. The molecule has 20 heavy (non-hydrogen) atoms. The number of carboxylic acids is 1. The molecule has 1 aromatic rings. The van der Waals surface area contributed by atoms with Gasteiger partial charge in [-0.3, -0.25) is 9.59 Å². The lowest BCUT2D eigenvalue weighted by atomic mass is 10.2. The second-order valence-corrected chi connectivity index (χ2v) is 6.29. The van der Waals surface area contributed by atoms with Crippen LogP contribution < -0.4 is 10.1 Å². The summed E-state index contributed by atoms with van der Waals surface area (Å²) < 4.78 is 4.22. The zero-order valence-electron chi connectivity index (χ0n) is 11.8. The number of carboxylic acid groups (broad SMARTS) is 1. The number of carbonyl (C=O) groups excluding carboxylic acids is 1. The summed E-state index contributed by atoms with van der Waals surface area (Å²) >= 11 is 1.10. The van der Waals surface area contributed by atoms with Crippen LogP contribution in [-0.4, -0.2) is 34.6 Å². The van der Waals surface area contributed by atoms with Crippen molar-refractivity contribution in [3.05, 3.63) is 29.8 Å². The van der Waals surface area contributed by atoms with Crippen LogP contribution in [0.3, 0.4) is 0 Å². The minimum Gasteiger partial charge on any atom is -0.496 e. The van der Waals surface area contributed by atoms with Crippen LogP contribution in [0, 0.1) is 0 Å². The van der Waals surface area contributed by atoms with Crippen molar-refractivity contribution in [3.8, 4) is 5.75 Å². The largest absolute Gasteiger partial charge is 0.496 e. The van der Waals surface area contributed by atoms with E-state index in [0.717, 1.165) is 17.3 Å². The van der Waals surface area contributed by atoms with Crippen molar-refractivity contribution in [1.29, 1.82) is 0 Å². The van der Waals surface area contributed by atoms with Gasteiger partial charge in [0.05, 0.1) is 12.9 Å². The van der Waals surface area contributed by atoms with Gasteiger partial charge in [0.1, 0.15) is 10.5 Å². The Morgan fingerprint density at radius 2 is 2.00 bits per heavy atom. The normalized spacial score (nSPS) is 10.9. The highest BCUT2D eigenvalue weighted by Gasteiger charge is 2.28. The number of carbonyl (C=O) groups is 2. The van der Waals surface area contributed by atoms with Gasteiger partial charge in [-0.15, -0.1) is 11.8 Å². The first-order valence-corrected chi connectivity index (χ1v) is 7.11. The quantitative estimate of drug-likeness (QED) is 0.804. The number of para-hydroxylation sites is 1. The van der Waals surface area contributed by atoms with Crippen molar-refractivity contribution >= 4 is 23.6 Å². The third-order valence-corrected chi connectivity index (χ3v) is 4.05. The molecular formula is C14H19NO4S. The standard InChI is InChI=1S/C14H19NO4S/c1-14(2,13(17)18)20-9-12(16)15-8-10-6-4-5-7-11(10)19-3/h4-7H,8-9H2,1-3H3,(H,15,16)(H,17,18). The third kappa shape index (κ3) is 4.77. The number of aliphatic carboxylic acids is 1. The number of thioether (sulfide) groups is 1. The summed E-state index contributed by atoms with van der Waals surface area (Å²) in [5, 5.41) is 11.7. The first-order valence-electron chi connectivity index (χ1n) is 6.13. The molecule has 0 aliphatic rings. The Balaban J connectivity index is 2.46. The molecule has 0 spiro atoms. The van der Waals surface area contributed by atoms with Gasteiger partial charge in [-0.05, 0) is 19.9 Å². The maximum atomic E-state index is 11.7. The zero-order valence-corrected chi connectivity index (χ0v) is 12.6. The van der Waals surface area contributed by atoms with Gasteiger partial charge in [-0.25, -0.2) is 0 Å². The molecule has 0 atom stereocenters. The minimum absolute atomic E-state index is 0.106. The number of ether oxygens (including phenoxy) is 1. The van der Waals surface area contributed by atoms with Crippen LogP contribution in [0.1, 0.15) is 19.4 Å². The van der Waals surface area contributed by atoms with Crippen LogP contribution in [-0.2, 0) is 16.1 Å². The molecule has 1 amide bonds. The van der Waals surface area contributed by atoms with E-state index in [9.17, 15) is 9.59 Å². The van der Waals surface area contributed by atoms with Gasteiger partial charge in [0.2, 0.25) is 5.91 Å². The van der Waals surface area contributed by atoms with E-state index in [1.165, 1.54) is 0 Å². The molecule has 0 fully saturated rings. The fourth-order valence-corrected chi connectivity index (χ4v) is 2.12. The molecule has 0 radical (unpaired) electrons. The molecule has 0 aliphatic carbocycles. The lowest BCUT2D eigenvalue weighted by molar-refractivity contribution is -0.138. The highest BCUT2D eigenvalue weighted by molar-refractivity contribution is 8.01. The summed E-state index contributed by atoms with van der Waals surface area (Å²) in [6.07, 6.45) is 0. The molecule has 0 saturated heterocycles. The maximum Gasteiger partial charge on any atom is 0.319 e. The summed E-state index contributed by atoms with van der Waals surface area (Å²) in [6.45, 7) is 3.51. The topological polar surface area (TPSA) is 75.6 Å². The molecule has 0 aromatic heterocycles. The van der Waals surface area contributed by atoms with Crippen molar-refractivity contribution in [2.24, 2.45) is 0 Å². The number of methoxy groups -OCH3 is 1. The number of rotatable bonds is 7. The highest BCUT2D eigenvalue weighted by atomic mass is 32.2. The summed E-state index contributed by atoms with van der Waals surface area (Å²) in [5.41, 5.74) is 0.880. The average molecular weight is 297 g/mol. The van der Waals surface area contributed by atoms with Crippen LogP contribution >= 0.6 is 11.8 Å². The van der Waals surface area contributed by atoms with Gasteiger partial charge in [0.25, 0.3) is 0 Å². The SMILES string of the molecule is COc1ccccc1CNC(=O)CSC(C)(C)C(=O)O. The molecule has 0 aliphatic heterocycles. The fraction of sp³-hybridized carbons (Fsp3) is 0.429. The Morgan fingerprint density at radius 1 is 1.35 bits per heavy atom. The van der Waals surface area contributed by atoms with E-state index in [1.54, 1.807) is 21.0 Å². The van der Waals surface area contributed by atoms with Gasteiger partial charge < -0.3 is 15.2 Å². The number of nitrogens with one attached hydrogen (secondary N) is 1. The Labute approximate surface area is 122 Å². The lowest BCUT2D eigenvalue weighted by Crippen LogP contribution is -2.32. The van der Waals surface area contributed by atoms with Gasteiger partial charge in [0.15, 0.2) is 0 Å². The first-order chi connectivity index (χ1) is 9.36. The monoisotopic (exact) mass is 297 g/mol. The fourth-order valence-electron chi connectivity index (χ4n) is 1.40. The molecule has 0 bridgehead atoms. The molecule has 2 N–H and O–H groups in total. The second kappa shape index (κ2) is 7.19. The predicted molar refractivity (Wildman–Crippen MR) is 79.0 cm³/mol. The van der Waals surface area contributed by atoms with Crippen LogP contribution in [0.5, 0.6) is 5.75 Å². The van der Waals surface area contributed by atoms with Gasteiger partial charge in [-0.2, -0.15) is 0 Å². The number of benzene rings is 1. The van der Waals surface area contributed by atoms with Crippen LogP contribution in [0.15, 0.2) is 24.3 Å². The van der Waals surface area contributed by atoms with Gasteiger partial charge in [-0.1, -0.05) is 18.2 Å². The predicted octanol–water partition coefficient (Wildman–Crippen LogP) is 1.91. The molecule has 110 valence electrons. The van der Waals surface area contributed by atoms with Crippen molar-refractivity contribution in [1.82, 2.24) is 5.32 Å². The van der Waals surface area contributed by atoms with E-state index >= 15 is 0 Å². The molecule has 6 heteroatoms. The smallest absolute Gasteiger partial charge is 0.319 e. The van der Waals surface area contributed by atoms with Crippen molar-refractivity contribution in [2.75, 3.05) is 12.9 Å². The third-order valence-electron chi connectivity index (χ3n) is 2.75. The molecule has 1 rings (SSSR count). The van der Waals surface area contributed by atoms with Crippen LogP contribution in [0.25, 0.3) is 0 Å². The highest BCUT2D eigenvalue weighted by Crippen LogP contribution is 2.24. The average Bonchev–Trinajstić information content (AvgIpc) is 2.43. The lowest BCUT2D eigenvalue weighted by Gasteiger charge is -2.18. The Bertz CT molecular complexity index is 488. The minimum atomic E-state index is -0.970. The molecule has 1 aromatic carbocycles. The Hall–Kier alpha value is -1.69. The van der Waals surface area contributed by atoms with Crippen LogP contribution in [0.2, 0.25) is 0 Å². The molecule has 0 unspecified atom stereocenters. The number of hydrogen-bond acceptors (Lipinski definition) is 4. The van der Waals surface area contributed by atoms with E-state index in [2.05, 4.69) is 5.32 Å². The summed E-state index contributed by atoms with van der Waals surface area (Å²) in [5.74, 6) is -0.310. The summed E-state index contributed by atoms with van der Waals surface area (Å²) in [6, 6.07) is 7.42. The van der Waals surface area contributed by atoms with Gasteiger partial charge in [0, 0.05) is 12.1 Å². The second-order valence-electron chi connectivity index (χ2n) is 4.69. The van der Waals surface area contributed by atoms with E-state index < -0.39 is 10.7 Å². The molecular weight excluding hydrogens is 278 g/mol. The summed E-state index contributed by atoms with van der Waals surface area (Å²) in [7, 11) is 1.58. The number of hydrogen-bond donors (Lipinski definition) is 2. The van der Waals surface area contributed by atoms with Crippen molar-refractivity contribution in [3.63, 3.8) is 0 Å². The maximum absolute atomic E-state index is 11.7.